The van der Waals surface area contributed by atoms with Crippen LogP contribution in [-0.4, -0.2) is 17.9 Å². The van der Waals surface area contributed by atoms with E-state index < -0.39 is 12.0 Å². The molecule has 0 saturated heterocycles. The van der Waals surface area contributed by atoms with Gasteiger partial charge in [-0.2, -0.15) is 0 Å². The Bertz CT molecular complexity index is 758. The van der Waals surface area contributed by atoms with Gasteiger partial charge in [-0.05, 0) is 44.5 Å². The van der Waals surface area contributed by atoms with Crippen LogP contribution in [0.2, 0.25) is 5.02 Å². The highest BCUT2D eigenvalue weighted by Crippen LogP contribution is 2.32. The van der Waals surface area contributed by atoms with Gasteiger partial charge in [0.15, 0.2) is 6.10 Å². The molecule has 1 heterocycles. The Morgan fingerprint density at radius 2 is 2.04 bits per heavy atom. The van der Waals surface area contributed by atoms with Crippen LogP contribution >= 0.6 is 22.9 Å². The normalized spacial score (nSPS) is 11.8. The molecule has 2 rings (SSSR count). The van der Waals surface area contributed by atoms with Crippen molar-refractivity contribution < 1.29 is 14.3 Å². The lowest BCUT2D eigenvalue weighted by Crippen LogP contribution is -2.30. The fourth-order valence-electron chi connectivity index (χ4n) is 2.02. The first-order valence-electron chi connectivity index (χ1n) is 6.92. The number of rotatable bonds is 5. The van der Waals surface area contributed by atoms with Gasteiger partial charge in [-0.1, -0.05) is 17.7 Å². The van der Waals surface area contributed by atoms with Gasteiger partial charge in [0, 0.05) is 9.90 Å². The van der Waals surface area contributed by atoms with Gasteiger partial charge in [0.1, 0.15) is 10.8 Å². The monoisotopic (exact) mass is 352 g/mol. The summed E-state index contributed by atoms with van der Waals surface area (Å²) in [6, 6.07) is 6.79. The molecule has 1 aromatic carbocycles. The Balaban J connectivity index is 2.13. The lowest BCUT2D eigenvalue weighted by atomic mass is 10.1. The molecule has 3 N–H and O–H groups in total. The molecule has 0 saturated carbocycles. The first kappa shape index (κ1) is 17.3. The summed E-state index contributed by atoms with van der Waals surface area (Å²) in [4.78, 5) is 24.8. The minimum atomic E-state index is -0.753. The molecular weight excluding hydrogens is 336 g/mol. The predicted molar refractivity (Wildman–Crippen MR) is 92.5 cm³/mol. The van der Waals surface area contributed by atoms with Crippen LogP contribution < -0.4 is 15.8 Å². The number of halogens is 1. The molecule has 0 bridgehead atoms. The summed E-state index contributed by atoms with van der Waals surface area (Å²) in [6.07, 6.45) is -0.753. The molecular formula is C16H17ClN2O3S. The summed E-state index contributed by atoms with van der Waals surface area (Å²) in [5.74, 6) is -0.437. The third-order valence-corrected chi connectivity index (χ3v) is 4.70. The fraction of sp³-hybridized carbons (Fsp3) is 0.250. The molecule has 0 aliphatic heterocycles. The number of thiophene rings is 1. The second-order valence-electron chi connectivity index (χ2n) is 5.06. The smallest absolute Gasteiger partial charge is 0.265 e. The lowest BCUT2D eigenvalue weighted by molar-refractivity contribution is -0.122. The molecule has 23 heavy (non-hydrogen) atoms. The molecule has 122 valence electrons. The largest absolute Gasteiger partial charge is 0.481 e. The Labute approximate surface area is 143 Å². The number of ether oxygens (including phenoxy) is 1. The van der Waals surface area contributed by atoms with E-state index in [4.69, 9.17) is 22.1 Å². The number of benzene rings is 1. The average molecular weight is 353 g/mol. The van der Waals surface area contributed by atoms with E-state index in [2.05, 4.69) is 5.32 Å². The van der Waals surface area contributed by atoms with Crippen molar-refractivity contribution >= 4 is 39.8 Å². The number of hydrogen-bond acceptors (Lipinski definition) is 4. The van der Waals surface area contributed by atoms with Crippen molar-refractivity contribution in [1.82, 2.24) is 0 Å². The molecule has 5 nitrogen and oxygen atoms in total. The third kappa shape index (κ3) is 4.03. The van der Waals surface area contributed by atoms with Crippen LogP contribution in [0.5, 0.6) is 5.75 Å². The van der Waals surface area contributed by atoms with Crippen molar-refractivity contribution in [2.75, 3.05) is 5.32 Å². The van der Waals surface area contributed by atoms with E-state index in [1.807, 2.05) is 6.92 Å². The topological polar surface area (TPSA) is 81.4 Å². The van der Waals surface area contributed by atoms with Crippen molar-refractivity contribution in [2.24, 2.45) is 5.73 Å². The van der Waals surface area contributed by atoms with Crippen LogP contribution in [0, 0.1) is 13.8 Å². The van der Waals surface area contributed by atoms with Gasteiger partial charge in [-0.15, -0.1) is 11.3 Å². The van der Waals surface area contributed by atoms with E-state index in [0.717, 1.165) is 10.4 Å². The first-order valence-corrected chi connectivity index (χ1v) is 8.12. The predicted octanol–water partition coefficient (Wildman–Crippen LogP) is 3.52. The zero-order valence-corrected chi connectivity index (χ0v) is 14.5. The molecule has 2 amide bonds. The third-order valence-electron chi connectivity index (χ3n) is 3.35. The van der Waals surface area contributed by atoms with E-state index in [1.54, 1.807) is 38.1 Å². The maximum atomic E-state index is 12.3. The number of hydrogen-bond donors (Lipinski definition) is 2. The highest BCUT2D eigenvalue weighted by molar-refractivity contribution is 7.16. The van der Waals surface area contributed by atoms with Crippen molar-refractivity contribution in [2.45, 2.75) is 26.9 Å². The van der Waals surface area contributed by atoms with Crippen molar-refractivity contribution in [3.05, 3.63) is 45.3 Å². The molecule has 2 aromatic rings. The highest BCUT2D eigenvalue weighted by atomic mass is 35.5. The molecule has 1 atom stereocenters. The van der Waals surface area contributed by atoms with Gasteiger partial charge < -0.3 is 15.8 Å². The van der Waals surface area contributed by atoms with E-state index in [9.17, 15) is 9.59 Å². The van der Waals surface area contributed by atoms with Crippen LogP contribution in [0.4, 0.5) is 5.00 Å². The number of nitrogens with two attached hydrogens (primary N) is 1. The maximum Gasteiger partial charge on any atom is 0.265 e. The average Bonchev–Trinajstić information content (AvgIpc) is 2.73. The Morgan fingerprint density at radius 1 is 1.35 bits per heavy atom. The summed E-state index contributed by atoms with van der Waals surface area (Å²) < 4.78 is 5.56. The van der Waals surface area contributed by atoms with Gasteiger partial charge in [0.05, 0.1) is 5.56 Å². The lowest BCUT2D eigenvalue weighted by Gasteiger charge is -2.14. The van der Waals surface area contributed by atoms with Gasteiger partial charge in [-0.25, -0.2) is 0 Å². The molecule has 0 spiro atoms. The summed E-state index contributed by atoms with van der Waals surface area (Å²) >= 11 is 7.20. The molecule has 7 heteroatoms. The summed E-state index contributed by atoms with van der Waals surface area (Å²) in [5.41, 5.74) is 6.51. The molecule has 1 aromatic heterocycles. The maximum absolute atomic E-state index is 12.3. The summed E-state index contributed by atoms with van der Waals surface area (Å²) in [6.45, 7) is 5.29. The molecule has 0 radical (unpaired) electrons. The van der Waals surface area contributed by atoms with Crippen molar-refractivity contribution in [3.8, 4) is 5.75 Å². The standard InChI is InChI=1S/C16H17ClN2O3S/c1-8-10(3)23-16(13(8)14(18)20)19-15(21)9(2)22-12-6-4-5-11(17)7-12/h4-7,9H,1-3H3,(H2,18,20)(H,19,21)/t9-/m1/s1. The van der Waals surface area contributed by atoms with Crippen LogP contribution in [0.1, 0.15) is 27.7 Å². The number of carbonyl (C=O) groups is 2. The van der Waals surface area contributed by atoms with E-state index in [-0.39, 0.29) is 5.91 Å². The second kappa shape index (κ2) is 7.02. The Kier molecular flexibility index (Phi) is 5.28. The fourth-order valence-corrected chi connectivity index (χ4v) is 3.27. The Morgan fingerprint density at radius 3 is 2.65 bits per heavy atom. The molecule has 0 fully saturated rings. The van der Waals surface area contributed by atoms with E-state index >= 15 is 0 Å². The zero-order chi connectivity index (χ0) is 17.1. The first-order chi connectivity index (χ1) is 10.8. The number of nitrogens with one attached hydrogen (secondary N) is 1. The van der Waals surface area contributed by atoms with E-state index in [0.29, 0.717) is 21.3 Å². The van der Waals surface area contributed by atoms with Crippen molar-refractivity contribution in [3.63, 3.8) is 0 Å². The van der Waals surface area contributed by atoms with Crippen LogP contribution in [0.15, 0.2) is 24.3 Å². The minimum absolute atomic E-state index is 0.343. The van der Waals surface area contributed by atoms with Crippen LogP contribution in [-0.2, 0) is 4.79 Å². The Hall–Kier alpha value is -2.05. The van der Waals surface area contributed by atoms with Gasteiger partial charge in [-0.3, -0.25) is 9.59 Å². The number of primary amides is 1. The molecule has 0 aliphatic carbocycles. The number of carbonyl (C=O) groups excluding carboxylic acids is 2. The molecule has 0 unspecified atom stereocenters. The SMILES string of the molecule is Cc1sc(NC(=O)[C@@H](C)Oc2cccc(Cl)c2)c(C(N)=O)c1C. The quantitative estimate of drug-likeness (QED) is 0.863. The summed E-state index contributed by atoms with van der Waals surface area (Å²) in [7, 11) is 0. The second-order valence-corrected chi connectivity index (χ2v) is 6.72. The van der Waals surface area contributed by atoms with Gasteiger partial charge >= 0.3 is 0 Å². The van der Waals surface area contributed by atoms with E-state index in [1.165, 1.54) is 11.3 Å². The number of aryl methyl sites for hydroxylation is 1. The van der Waals surface area contributed by atoms with Crippen LogP contribution in [0.25, 0.3) is 0 Å². The zero-order valence-electron chi connectivity index (χ0n) is 13.0. The van der Waals surface area contributed by atoms with Crippen LogP contribution in [0.3, 0.4) is 0 Å². The minimum Gasteiger partial charge on any atom is -0.481 e. The van der Waals surface area contributed by atoms with Gasteiger partial charge in [0.25, 0.3) is 11.8 Å². The highest BCUT2D eigenvalue weighted by Gasteiger charge is 2.22. The number of amides is 2. The van der Waals surface area contributed by atoms with Gasteiger partial charge in [0.2, 0.25) is 0 Å². The molecule has 0 aliphatic rings. The van der Waals surface area contributed by atoms with Crippen molar-refractivity contribution in [1.29, 1.82) is 0 Å². The summed E-state index contributed by atoms with van der Waals surface area (Å²) in [5, 5.41) is 3.68. The number of anilines is 1.